The smallest absolute Gasteiger partial charge is 0.411 e. The number of nitrogens with zero attached hydrogens (tertiary/aromatic N) is 3. The maximum absolute atomic E-state index is 14.3. The summed E-state index contributed by atoms with van der Waals surface area (Å²) in [4.78, 5) is 85.4. The summed E-state index contributed by atoms with van der Waals surface area (Å²) in [6.45, 7) is 20.5. The van der Waals surface area contributed by atoms with E-state index in [1.54, 1.807) is 53.9 Å². The number of ether oxygens (including phenoxy) is 4. The van der Waals surface area contributed by atoms with Crippen LogP contribution in [0.3, 0.4) is 0 Å². The summed E-state index contributed by atoms with van der Waals surface area (Å²) in [5, 5.41) is 34.1. The topological polar surface area (TPSA) is 243 Å². The Morgan fingerprint density at radius 3 is 2.07 bits per heavy atom. The molecule has 0 radical (unpaired) electrons. The third-order valence-electron chi connectivity index (χ3n) is 14.9. The molecule has 0 spiro atoms. The van der Waals surface area contributed by atoms with Gasteiger partial charge >= 0.3 is 24.1 Å². The van der Waals surface area contributed by atoms with Crippen LogP contribution in [0.15, 0.2) is 42.7 Å². The molecule has 3 amide bonds. The minimum Gasteiger partial charge on any atom is -0.480 e. The van der Waals surface area contributed by atoms with E-state index in [0.29, 0.717) is 38.8 Å². The number of aliphatic hydroxyl groups excluding tert-OH is 1. The number of likely N-dealkylation sites (tertiary alicyclic amines) is 2. The Kier molecular flexibility index (Phi) is 27.2. The van der Waals surface area contributed by atoms with Crippen molar-refractivity contribution in [3.63, 3.8) is 0 Å². The summed E-state index contributed by atoms with van der Waals surface area (Å²) in [5.41, 5.74) is -1.41. The zero-order valence-corrected chi connectivity index (χ0v) is 46.9. The van der Waals surface area contributed by atoms with Gasteiger partial charge in [-0.2, -0.15) is 8.78 Å². The summed E-state index contributed by atoms with van der Waals surface area (Å²) in [7, 11) is 6.26. The first kappa shape index (κ1) is 66.3. The maximum atomic E-state index is 14.3. The van der Waals surface area contributed by atoms with Gasteiger partial charge in [0.1, 0.15) is 23.4 Å². The number of carboxylic acids is 1. The fourth-order valence-electron chi connectivity index (χ4n) is 10.2. The first-order valence-electron chi connectivity index (χ1n) is 26.1. The molecule has 0 aromatic heterocycles. The van der Waals surface area contributed by atoms with Crippen molar-refractivity contribution in [3.05, 3.63) is 48.2 Å². The van der Waals surface area contributed by atoms with Crippen LogP contribution >= 0.6 is 0 Å². The Bertz CT molecular complexity index is 2000. The lowest BCUT2D eigenvalue weighted by atomic mass is 9.82. The lowest BCUT2D eigenvalue weighted by Crippen LogP contribution is -2.56. The van der Waals surface area contributed by atoms with Crippen LogP contribution in [0.25, 0.3) is 0 Å². The van der Waals surface area contributed by atoms with E-state index in [2.05, 4.69) is 29.4 Å². The molecule has 0 aliphatic carbocycles. The minimum absolute atomic E-state index is 0.0141. The molecule has 3 saturated heterocycles. The summed E-state index contributed by atoms with van der Waals surface area (Å²) < 4.78 is 43.5. The SMILES string of the molecule is CC(C)(C)OC(=O)N1CCC[C@]1(C)C(=O)O.CC[C@H](C)[C@@H]([C@@H](CC(=O)N1CCC[C@H]1[C@H](OC)[C@@H](C)C(O)N[C@@H](Cc1ccccc1)C(=O)OC)OC)N(C)C(=O)[C@@H](CC(=O)[C@@]1(C)CCCN1)C(C)C.OOC=C(F)F. The Morgan fingerprint density at radius 2 is 1.59 bits per heavy atom. The molecule has 19 nitrogen and oxygen atoms in total. The number of Topliss-reactive ketones (excluding diaryl/α,β-unsaturated/α-hetero) is 1. The fraction of sp³-hybridized carbons (Fsp3) is 0.741. The number of esters is 1. The van der Waals surface area contributed by atoms with Crippen LogP contribution in [0.1, 0.15) is 133 Å². The Hall–Kier alpha value is -4.80. The molecule has 21 heteroatoms. The molecule has 11 atom stereocenters. The van der Waals surface area contributed by atoms with Crippen LogP contribution in [-0.2, 0) is 54.2 Å². The van der Waals surface area contributed by atoms with Crippen molar-refractivity contribution in [1.29, 1.82) is 0 Å². The number of likely N-dealkylation sites (N-methyl/N-ethyl adjacent to an activating group) is 1. The van der Waals surface area contributed by atoms with Crippen LogP contribution in [0.2, 0.25) is 0 Å². The standard InChI is InChI=1S/C41H68N4O8.C11H19NO4.C2H2F2O2/c1-11-27(4)36(44(7)39(49)30(26(2)3)24-34(46)41(6)20-16-21-42-41)33(51-8)25-35(47)45-22-15-19-32(45)37(52-9)28(5)38(48)43-31(40(50)53-10)23-29-17-13-12-14-18-29;1-10(2,3)16-9(15)12-7-5-6-11(12,4)8(13)14;3-2(4)1-6-5/h12-14,17-18,26-28,30-33,36-38,42-43,48H,11,15-16,19-25H2,1-10H3;5-7H2,1-4H3,(H,13,14);1,5H/t27-,28+,30-,31-,32-,33+,36-,37+,38?,41+;11-;/m01./s1. The van der Waals surface area contributed by atoms with Crippen LogP contribution in [0.4, 0.5) is 13.6 Å². The van der Waals surface area contributed by atoms with Gasteiger partial charge in [0.05, 0.1) is 43.4 Å². The number of methoxy groups -OCH3 is 3. The maximum Gasteiger partial charge on any atom is 0.411 e. The fourth-order valence-corrected chi connectivity index (χ4v) is 10.2. The van der Waals surface area contributed by atoms with Gasteiger partial charge in [0.2, 0.25) is 11.8 Å². The normalized spacial score (nSPS) is 22.6. The van der Waals surface area contributed by atoms with E-state index in [4.69, 9.17) is 29.3 Å². The van der Waals surface area contributed by atoms with Crippen molar-refractivity contribution < 1.29 is 76.9 Å². The number of carboxylic acid groups (broad SMARTS) is 1. The molecule has 0 bridgehead atoms. The highest BCUT2D eigenvalue weighted by Crippen LogP contribution is 2.33. The lowest BCUT2D eigenvalue weighted by molar-refractivity contribution is -0.189. The van der Waals surface area contributed by atoms with Gasteiger partial charge in [-0.3, -0.25) is 29.4 Å². The van der Waals surface area contributed by atoms with Crippen molar-refractivity contribution in [2.45, 2.75) is 187 Å². The van der Waals surface area contributed by atoms with Crippen molar-refractivity contribution >= 4 is 35.6 Å². The molecule has 3 aliphatic heterocycles. The van der Waals surface area contributed by atoms with Gasteiger partial charge in [-0.15, -0.1) is 0 Å². The van der Waals surface area contributed by atoms with Gasteiger partial charge in [0, 0.05) is 52.6 Å². The van der Waals surface area contributed by atoms with Crippen molar-refractivity contribution in [2.75, 3.05) is 48.0 Å². The van der Waals surface area contributed by atoms with Gasteiger partial charge in [-0.25, -0.2) is 14.8 Å². The van der Waals surface area contributed by atoms with E-state index >= 15 is 0 Å². The Labute approximate surface area is 443 Å². The van der Waals surface area contributed by atoms with Crippen LogP contribution in [0.5, 0.6) is 0 Å². The van der Waals surface area contributed by atoms with E-state index in [-0.39, 0.29) is 54.6 Å². The van der Waals surface area contributed by atoms with Crippen molar-refractivity contribution in [1.82, 2.24) is 25.3 Å². The predicted octanol–water partition coefficient (Wildman–Crippen LogP) is 7.05. The molecule has 1 unspecified atom stereocenters. The van der Waals surface area contributed by atoms with Crippen LogP contribution in [-0.4, -0.2) is 167 Å². The molecule has 5 N–H and O–H groups in total. The monoisotopic (exact) mass is 1070 g/mol. The zero-order chi connectivity index (χ0) is 57.0. The Balaban J connectivity index is 0.000000720. The van der Waals surface area contributed by atoms with Gasteiger partial charge in [0.25, 0.3) is 0 Å². The molecular weight excluding hydrogens is 981 g/mol. The summed E-state index contributed by atoms with van der Waals surface area (Å²) >= 11 is 0. The third kappa shape index (κ3) is 19.3. The molecule has 1 aromatic carbocycles. The van der Waals surface area contributed by atoms with E-state index < -0.39 is 83.1 Å². The number of benzene rings is 1. The van der Waals surface area contributed by atoms with Crippen molar-refractivity contribution in [3.8, 4) is 0 Å². The lowest BCUT2D eigenvalue weighted by Gasteiger charge is -2.41. The largest absolute Gasteiger partial charge is 0.480 e. The van der Waals surface area contributed by atoms with E-state index in [1.807, 2.05) is 62.9 Å². The molecule has 1 aromatic rings. The first-order chi connectivity index (χ1) is 35.1. The quantitative estimate of drug-likeness (QED) is 0.0242. The average molecular weight is 1070 g/mol. The van der Waals surface area contributed by atoms with Gasteiger partial charge < -0.3 is 49.2 Å². The highest BCUT2D eigenvalue weighted by molar-refractivity contribution is 5.93. The zero-order valence-electron chi connectivity index (χ0n) is 46.9. The van der Waals surface area contributed by atoms with Gasteiger partial charge in [0.15, 0.2) is 12.0 Å². The minimum atomic E-state index is -2.06. The van der Waals surface area contributed by atoms with E-state index in [9.17, 15) is 42.7 Å². The number of carbonyl (C=O) groups is 6. The first-order valence-corrected chi connectivity index (χ1v) is 26.1. The number of rotatable bonds is 23. The molecule has 428 valence electrons. The summed E-state index contributed by atoms with van der Waals surface area (Å²) in [6, 6.07) is 8.02. The third-order valence-corrected chi connectivity index (χ3v) is 14.9. The molecular formula is C54H89F2N5O14. The summed E-state index contributed by atoms with van der Waals surface area (Å²) in [6.07, 6.45) is 0.728. The number of carbonyl (C=O) groups excluding carboxylic acids is 5. The second kappa shape index (κ2) is 30.8. The van der Waals surface area contributed by atoms with Crippen molar-refractivity contribution in [2.24, 2.45) is 23.7 Å². The number of ketones is 1. The number of amides is 3. The molecule has 3 fully saturated rings. The molecule has 0 saturated carbocycles. The highest BCUT2D eigenvalue weighted by atomic mass is 19.3. The number of hydrogen-bond acceptors (Lipinski definition) is 15. The van der Waals surface area contributed by atoms with E-state index in [0.717, 1.165) is 37.8 Å². The Morgan fingerprint density at radius 1 is 0.947 bits per heavy atom. The van der Waals surface area contributed by atoms with Crippen LogP contribution in [0, 0.1) is 23.7 Å². The van der Waals surface area contributed by atoms with Crippen LogP contribution < -0.4 is 10.6 Å². The summed E-state index contributed by atoms with van der Waals surface area (Å²) in [5.74, 6) is -2.65. The number of halogens is 2. The molecule has 4 rings (SSSR count). The number of aliphatic carboxylic acids is 1. The molecule has 3 aliphatic rings. The second-order valence-corrected chi connectivity index (χ2v) is 21.7. The number of nitrogens with one attached hydrogen (secondary N) is 2. The second-order valence-electron chi connectivity index (χ2n) is 21.7. The predicted molar refractivity (Wildman–Crippen MR) is 277 cm³/mol. The highest BCUT2D eigenvalue weighted by Gasteiger charge is 2.48. The molecule has 75 heavy (non-hydrogen) atoms. The average Bonchev–Trinajstić information content (AvgIpc) is 4.13. The number of aliphatic hydroxyl groups is 1. The van der Waals surface area contributed by atoms with Gasteiger partial charge in [-0.1, -0.05) is 71.4 Å². The molecule has 3 heterocycles. The number of hydrogen-bond donors (Lipinski definition) is 5. The van der Waals surface area contributed by atoms with Gasteiger partial charge in [-0.05, 0) is 104 Å². The van der Waals surface area contributed by atoms with E-state index in [1.165, 1.54) is 12.0 Å².